The molecule has 2 nitrogen and oxygen atoms in total. The highest BCUT2D eigenvalue weighted by Gasteiger charge is 2.10. The van der Waals surface area contributed by atoms with Gasteiger partial charge in [0.1, 0.15) is 5.82 Å². The van der Waals surface area contributed by atoms with Gasteiger partial charge in [0.05, 0.1) is 0 Å². The molecule has 0 aliphatic heterocycles. The fourth-order valence-electron chi connectivity index (χ4n) is 1.75. The van der Waals surface area contributed by atoms with E-state index in [1.165, 1.54) is 18.2 Å². The van der Waals surface area contributed by atoms with Gasteiger partial charge in [0.2, 0.25) is 0 Å². The Kier molecular flexibility index (Phi) is 4.42. The van der Waals surface area contributed by atoms with Crippen LogP contribution in [0, 0.1) is 5.82 Å². The first-order chi connectivity index (χ1) is 9.49. The molecule has 0 heterocycles. The maximum atomic E-state index is 13.9. The van der Waals surface area contributed by atoms with Crippen LogP contribution in [0.1, 0.15) is 5.56 Å². The standard InChI is InChI=1S/C15H9Cl2FO2/c16-11-2-1-3-12(17)15(11)10-5-4-9(13(18)8-10)6-7-14(19)20/h1-8H,(H,19,20)/b7-6+. The number of carbonyl (C=O) groups is 1. The van der Waals surface area contributed by atoms with Crippen LogP contribution in [0.15, 0.2) is 42.5 Å². The Hall–Kier alpha value is -1.84. The zero-order chi connectivity index (χ0) is 14.7. The molecule has 0 aliphatic rings. The predicted octanol–water partition coefficient (Wildman–Crippen LogP) is 4.90. The van der Waals surface area contributed by atoms with Crippen molar-refractivity contribution < 1.29 is 14.3 Å². The first kappa shape index (κ1) is 14.6. The zero-order valence-electron chi connectivity index (χ0n) is 10.1. The van der Waals surface area contributed by atoms with Gasteiger partial charge >= 0.3 is 5.97 Å². The number of rotatable bonds is 3. The molecule has 2 aromatic rings. The third kappa shape index (κ3) is 3.18. The van der Waals surface area contributed by atoms with Gasteiger partial charge in [0, 0.05) is 27.2 Å². The molecule has 0 unspecified atom stereocenters. The molecule has 0 aliphatic carbocycles. The van der Waals surface area contributed by atoms with Crippen LogP contribution >= 0.6 is 23.2 Å². The Labute approximate surface area is 125 Å². The lowest BCUT2D eigenvalue weighted by atomic mass is 10.0. The maximum Gasteiger partial charge on any atom is 0.328 e. The van der Waals surface area contributed by atoms with E-state index in [0.717, 1.165) is 6.08 Å². The Bertz CT molecular complexity index is 676. The van der Waals surface area contributed by atoms with Crippen molar-refractivity contribution in [2.24, 2.45) is 0 Å². The smallest absolute Gasteiger partial charge is 0.328 e. The second-order valence-corrected chi connectivity index (χ2v) is 4.82. The molecule has 2 aromatic carbocycles. The first-order valence-corrected chi connectivity index (χ1v) is 6.39. The Morgan fingerprint density at radius 3 is 2.35 bits per heavy atom. The number of benzene rings is 2. The summed E-state index contributed by atoms with van der Waals surface area (Å²) in [7, 11) is 0. The van der Waals surface area contributed by atoms with E-state index in [9.17, 15) is 9.18 Å². The Morgan fingerprint density at radius 2 is 1.80 bits per heavy atom. The molecule has 0 bridgehead atoms. The Morgan fingerprint density at radius 1 is 1.15 bits per heavy atom. The molecule has 20 heavy (non-hydrogen) atoms. The first-order valence-electron chi connectivity index (χ1n) is 5.64. The molecule has 0 amide bonds. The molecule has 0 aromatic heterocycles. The predicted molar refractivity (Wildman–Crippen MR) is 78.5 cm³/mol. The van der Waals surface area contributed by atoms with Crippen LogP contribution < -0.4 is 0 Å². The molecule has 0 saturated heterocycles. The summed E-state index contributed by atoms with van der Waals surface area (Å²) in [6.45, 7) is 0. The number of hydrogen-bond donors (Lipinski definition) is 1. The van der Waals surface area contributed by atoms with Gasteiger partial charge in [0.15, 0.2) is 0 Å². The molecular formula is C15H9Cl2FO2. The molecule has 0 atom stereocenters. The van der Waals surface area contributed by atoms with Crippen LogP contribution in [0.4, 0.5) is 4.39 Å². The second kappa shape index (κ2) is 6.07. The summed E-state index contributed by atoms with van der Waals surface area (Å²) in [5, 5.41) is 9.37. The minimum absolute atomic E-state index is 0.180. The minimum atomic E-state index is -1.14. The van der Waals surface area contributed by atoms with Gasteiger partial charge in [-0.3, -0.25) is 0 Å². The van der Waals surface area contributed by atoms with Crippen molar-refractivity contribution in [3.8, 4) is 11.1 Å². The summed E-state index contributed by atoms with van der Waals surface area (Å²) in [4.78, 5) is 10.4. The SMILES string of the molecule is O=C(O)/C=C/c1ccc(-c2c(Cl)cccc2Cl)cc1F. The number of carboxylic acid groups (broad SMARTS) is 1. The lowest BCUT2D eigenvalue weighted by Gasteiger charge is -2.08. The average molecular weight is 311 g/mol. The van der Waals surface area contributed by atoms with E-state index >= 15 is 0 Å². The number of aliphatic carboxylic acids is 1. The van der Waals surface area contributed by atoms with Crippen molar-refractivity contribution >= 4 is 35.2 Å². The van der Waals surface area contributed by atoms with Crippen LogP contribution in [0.2, 0.25) is 10.0 Å². The highest BCUT2D eigenvalue weighted by molar-refractivity contribution is 6.39. The van der Waals surface area contributed by atoms with Crippen LogP contribution in [-0.4, -0.2) is 11.1 Å². The highest BCUT2D eigenvalue weighted by atomic mass is 35.5. The summed E-state index contributed by atoms with van der Waals surface area (Å²) in [5.41, 5.74) is 1.26. The van der Waals surface area contributed by atoms with Crippen molar-refractivity contribution in [1.29, 1.82) is 0 Å². The van der Waals surface area contributed by atoms with E-state index in [-0.39, 0.29) is 5.56 Å². The fraction of sp³-hybridized carbons (Fsp3) is 0. The van der Waals surface area contributed by atoms with Gasteiger partial charge in [0.25, 0.3) is 0 Å². The van der Waals surface area contributed by atoms with E-state index in [1.807, 2.05) is 0 Å². The number of hydrogen-bond acceptors (Lipinski definition) is 1. The average Bonchev–Trinajstić information content (AvgIpc) is 2.37. The van der Waals surface area contributed by atoms with Gasteiger partial charge in [-0.15, -0.1) is 0 Å². The fourth-order valence-corrected chi connectivity index (χ4v) is 2.37. The highest BCUT2D eigenvalue weighted by Crippen LogP contribution is 2.35. The van der Waals surface area contributed by atoms with Crippen LogP contribution in [0.3, 0.4) is 0 Å². The molecule has 0 radical (unpaired) electrons. The molecule has 2 rings (SSSR count). The second-order valence-electron chi connectivity index (χ2n) is 4.00. The lowest BCUT2D eigenvalue weighted by Crippen LogP contribution is -1.89. The minimum Gasteiger partial charge on any atom is -0.478 e. The summed E-state index contributed by atoms with van der Waals surface area (Å²) >= 11 is 12.1. The Balaban J connectivity index is 2.46. The van der Waals surface area contributed by atoms with E-state index in [4.69, 9.17) is 28.3 Å². The van der Waals surface area contributed by atoms with Gasteiger partial charge in [-0.05, 0) is 29.8 Å². The van der Waals surface area contributed by atoms with Crippen LogP contribution in [-0.2, 0) is 4.79 Å². The van der Waals surface area contributed by atoms with E-state index < -0.39 is 11.8 Å². The summed E-state index contributed by atoms with van der Waals surface area (Å²) < 4.78 is 13.9. The summed E-state index contributed by atoms with van der Waals surface area (Å²) in [6, 6.07) is 9.42. The third-order valence-corrected chi connectivity index (χ3v) is 3.29. The molecular weight excluding hydrogens is 302 g/mol. The topological polar surface area (TPSA) is 37.3 Å². The van der Waals surface area contributed by atoms with Gasteiger partial charge < -0.3 is 5.11 Å². The van der Waals surface area contributed by atoms with Crippen molar-refractivity contribution in [3.63, 3.8) is 0 Å². The normalized spacial score (nSPS) is 10.9. The van der Waals surface area contributed by atoms with E-state index in [1.54, 1.807) is 24.3 Å². The molecule has 0 fully saturated rings. The van der Waals surface area contributed by atoms with Gasteiger partial charge in [-0.25, -0.2) is 9.18 Å². The van der Waals surface area contributed by atoms with Gasteiger partial charge in [-0.1, -0.05) is 41.4 Å². The molecule has 1 N–H and O–H groups in total. The van der Waals surface area contributed by atoms with Crippen molar-refractivity contribution in [2.75, 3.05) is 0 Å². The van der Waals surface area contributed by atoms with E-state index in [0.29, 0.717) is 21.2 Å². The molecule has 102 valence electrons. The largest absolute Gasteiger partial charge is 0.478 e. The summed E-state index contributed by atoms with van der Waals surface area (Å²) in [5.74, 6) is -1.68. The monoisotopic (exact) mass is 310 g/mol. The maximum absolute atomic E-state index is 13.9. The number of halogens is 3. The lowest BCUT2D eigenvalue weighted by molar-refractivity contribution is -0.131. The van der Waals surface area contributed by atoms with E-state index in [2.05, 4.69) is 0 Å². The van der Waals surface area contributed by atoms with Crippen LogP contribution in [0.5, 0.6) is 0 Å². The van der Waals surface area contributed by atoms with Crippen molar-refractivity contribution in [3.05, 3.63) is 63.9 Å². The van der Waals surface area contributed by atoms with Gasteiger partial charge in [-0.2, -0.15) is 0 Å². The third-order valence-electron chi connectivity index (χ3n) is 2.66. The number of carboxylic acids is 1. The zero-order valence-corrected chi connectivity index (χ0v) is 11.6. The molecule has 0 saturated carbocycles. The van der Waals surface area contributed by atoms with Crippen LogP contribution in [0.25, 0.3) is 17.2 Å². The van der Waals surface area contributed by atoms with Crippen molar-refractivity contribution in [2.45, 2.75) is 0 Å². The molecule has 5 heteroatoms. The molecule has 0 spiro atoms. The quantitative estimate of drug-likeness (QED) is 0.819. The summed E-state index contributed by atoms with van der Waals surface area (Å²) in [6.07, 6.45) is 2.07. The van der Waals surface area contributed by atoms with Crippen molar-refractivity contribution in [1.82, 2.24) is 0 Å².